The quantitative estimate of drug-likeness (QED) is 0.430. The summed E-state index contributed by atoms with van der Waals surface area (Å²) in [6.45, 7) is 17.7. The van der Waals surface area contributed by atoms with Crippen molar-refractivity contribution in [3.05, 3.63) is 71.4 Å². The van der Waals surface area contributed by atoms with Crippen molar-refractivity contribution in [2.24, 2.45) is 17.8 Å². The van der Waals surface area contributed by atoms with Crippen molar-refractivity contribution in [3.8, 4) is 6.07 Å². The molecule has 2 aliphatic heterocycles. The highest BCUT2D eigenvalue weighted by atomic mass is 15.2. The lowest BCUT2D eigenvalue weighted by atomic mass is 9.60. The average Bonchev–Trinajstić information content (AvgIpc) is 3.53. The molecule has 168 valence electrons. The van der Waals surface area contributed by atoms with E-state index in [9.17, 15) is 5.26 Å². The summed E-state index contributed by atoms with van der Waals surface area (Å²) in [6.07, 6.45) is 10.3. The van der Waals surface area contributed by atoms with Gasteiger partial charge in [-0.25, -0.2) is 0 Å². The van der Waals surface area contributed by atoms with Crippen LogP contribution in [0, 0.1) is 29.1 Å². The lowest BCUT2D eigenvalue weighted by molar-refractivity contribution is 0.185. The Morgan fingerprint density at radius 1 is 1.28 bits per heavy atom. The molecule has 1 aromatic rings. The van der Waals surface area contributed by atoms with E-state index in [0.717, 1.165) is 24.1 Å². The van der Waals surface area contributed by atoms with E-state index in [2.05, 4.69) is 74.6 Å². The van der Waals surface area contributed by atoms with Gasteiger partial charge in [0.1, 0.15) is 0 Å². The van der Waals surface area contributed by atoms with Crippen LogP contribution >= 0.6 is 0 Å². The number of anilines is 1. The van der Waals surface area contributed by atoms with Crippen molar-refractivity contribution < 1.29 is 0 Å². The summed E-state index contributed by atoms with van der Waals surface area (Å²) < 4.78 is 0. The van der Waals surface area contributed by atoms with E-state index in [1.54, 1.807) is 0 Å². The second kappa shape index (κ2) is 8.32. The standard InChI is InChI=1S/C27H31N3.C2H6/c1-6-7-21(12-16(2)14-28)27(4)26-19-9-8-18(13-19)24(26)25-22(30(27)5)11-10-20-15-29-17(3)23(20)25;1-2/h6-7,10-12,18-19,24,26,29H,2-3,8-9,13,15H2,1,4-5H3;1-2H3/b7-6-,21-12+;/t18-,19?,24?,26?,27?;/m1./s1. The van der Waals surface area contributed by atoms with Crippen molar-refractivity contribution in [1.82, 2.24) is 5.32 Å². The third kappa shape index (κ3) is 2.99. The Morgan fingerprint density at radius 3 is 2.69 bits per heavy atom. The number of rotatable bonds is 3. The molecule has 0 saturated heterocycles. The summed E-state index contributed by atoms with van der Waals surface area (Å²) in [5.41, 5.74) is 8.25. The number of hydrogen-bond donors (Lipinski definition) is 1. The van der Waals surface area contributed by atoms with E-state index in [1.807, 2.05) is 19.9 Å². The van der Waals surface area contributed by atoms with Gasteiger partial charge in [-0.1, -0.05) is 45.2 Å². The summed E-state index contributed by atoms with van der Waals surface area (Å²) in [5.74, 6) is 2.55. The van der Waals surface area contributed by atoms with Crippen LogP contribution in [0.15, 0.2) is 54.7 Å². The lowest BCUT2D eigenvalue weighted by Gasteiger charge is -2.56. The Hall–Kier alpha value is -2.73. The van der Waals surface area contributed by atoms with Crippen LogP contribution < -0.4 is 10.2 Å². The molecule has 3 nitrogen and oxygen atoms in total. The Bertz CT molecular complexity index is 1050. The molecule has 2 fully saturated rings. The number of likely N-dealkylation sites (N-methyl/N-ethyl adjacent to an activating group) is 1. The Morgan fingerprint density at radius 2 is 2.00 bits per heavy atom. The zero-order valence-corrected chi connectivity index (χ0v) is 20.3. The minimum atomic E-state index is -0.175. The minimum Gasteiger partial charge on any atom is -0.381 e. The first-order valence-corrected chi connectivity index (χ1v) is 12.2. The number of nitriles is 1. The van der Waals surface area contributed by atoms with Crippen LogP contribution in [0.3, 0.4) is 0 Å². The molecule has 0 radical (unpaired) electrons. The van der Waals surface area contributed by atoms with Gasteiger partial charge < -0.3 is 10.2 Å². The molecule has 32 heavy (non-hydrogen) atoms. The molecule has 0 aromatic heterocycles. The van der Waals surface area contributed by atoms with Gasteiger partial charge >= 0.3 is 0 Å². The number of nitrogens with one attached hydrogen (secondary N) is 1. The maximum Gasteiger partial charge on any atom is 0.0985 e. The summed E-state index contributed by atoms with van der Waals surface area (Å²) in [5, 5.41) is 12.9. The smallest absolute Gasteiger partial charge is 0.0985 e. The molecule has 3 heteroatoms. The normalized spacial score (nSPS) is 31.9. The highest BCUT2D eigenvalue weighted by molar-refractivity contribution is 5.80. The van der Waals surface area contributed by atoms with Crippen LogP contribution in [0.4, 0.5) is 5.69 Å². The summed E-state index contributed by atoms with van der Waals surface area (Å²) >= 11 is 0. The van der Waals surface area contributed by atoms with E-state index in [-0.39, 0.29) is 5.54 Å². The molecule has 4 aliphatic rings. The maximum atomic E-state index is 9.44. The van der Waals surface area contributed by atoms with Crippen LogP contribution in [-0.4, -0.2) is 12.6 Å². The third-order valence-electron chi connectivity index (χ3n) is 8.46. The van der Waals surface area contributed by atoms with Gasteiger partial charge in [-0.05, 0) is 85.6 Å². The molecule has 2 saturated carbocycles. The Kier molecular flexibility index (Phi) is 5.84. The van der Waals surface area contributed by atoms with Gasteiger partial charge in [0.15, 0.2) is 0 Å². The molecule has 0 spiro atoms. The van der Waals surface area contributed by atoms with Crippen LogP contribution in [0.2, 0.25) is 0 Å². The summed E-state index contributed by atoms with van der Waals surface area (Å²) in [4.78, 5) is 2.49. The molecule has 2 heterocycles. The highest BCUT2D eigenvalue weighted by Crippen LogP contribution is 2.67. The number of fused-ring (bicyclic) bond motifs is 9. The van der Waals surface area contributed by atoms with Crippen LogP contribution in [-0.2, 0) is 6.54 Å². The van der Waals surface area contributed by atoms with Crippen molar-refractivity contribution in [1.29, 1.82) is 5.26 Å². The minimum absolute atomic E-state index is 0.175. The first-order chi connectivity index (χ1) is 15.4. The molecule has 5 atom stereocenters. The average molecular weight is 428 g/mol. The second-order valence-corrected chi connectivity index (χ2v) is 9.69. The van der Waals surface area contributed by atoms with Crippen LogP contribution in [0.5, 0.6) is 0 Å². The third-order valence-corrected chi connectivity index (χ3v) is 8.46. The van der Waals surface area contributed by atoms with E-state index in [1.165, 1.54) is 47.2 Å². The van der Waals surface area contributed by atoms with E-state index in [0.29, 0.717) is 17.4 Å². The monoisotopic (exact) mass is 427 g/mol. The molecule has 5 rings (SSSR count). The van der Waals surface area contributed by atoms with E-state index < -0.39 is 0 Å². The zero-order valence-electron chi connectivity index (χ0n) is 20.3. The molecular formula is C29H37N3. The van der Waals surface area contributed by atoms with Crippen molar-refractivity contribution >= 4 is 11.4 Å². The predicted molar refractivity (Wildman–Crippen MR) is 135 cm³/mol. The highest BCUT2D eigenvalue weighted by Gasteiger charge is 2.61. The number of benzene rings is 1. The molecular weight excluding hydrogens is 390 g/mol. The molecule has 0 amide bonds. The molecule has 1 aromatic carbocycles. The Labute approximate surface area is 194 Å². The summed E-state index contributed by atoms with van der Waals surface area (Å²) in [7, 11) is 2.24. The van der Waals surface area contributed by atoms with E-state index in [4.69, 9.17) is 0 Å². The fourth-order valence-electron chi connectivity index (χ4n) is 7.22. The van der Waals surface area contributed by atoms with Crippen molar-refractivity contribution in [3.63, 3.8) is 0 Å². The largest absolute Gasteiger partial charge is 0.381 e. The van der Waals surface area contributed by atoms with Crippen LogP contribution in [0.1, 0.15) is 69.6 Å². The van der Waals surface area contributed by atoms with Gasteiger partial charge in [0.2, 0.25) is 0 Å². The van der Waals surface area contributed by atoms with Crippen LogP contribution in [0.25, 0.3) is 5.70 Å². The zero-order chi connectivity index (χ0) is 23.2. The molecule has 2 bridgehead atoms. The predicted octanol–water partition coefficient (Wildman–Crippen LogP) is 6.71. The first kappa shape index (κ1) is 22.5. The lowest BCUT2D eigenvalue weighted by Crippen LogP contribution is -2.58. The van der Waals surface area contributed by atoms with Gasteiger partial charge in [-0.2, -0.15) is 5.26 Å². The van der Waals surface area contributed by atoms with Gasteiger partial charge in [0, 0.05) is 36.1 Å². The number of hydrogen-bond acceptors (Lipinski definition) is 3. The number of nitrogens with zero attached hydrogens (tertiary/aromatic N) is 2. The summed E-state index contributed by atoms with van der Waals surface area (Å²) in [6, 6.07) is 6.83. The maximum absolute atomic E-state index is 9.44. The fraction of sp³-hybridized carbons (Fsp3) is 0.483. The van der Waals surface area contributed by atoms with Gasteiger partial charge in [-0.3, -0.25) is 0 Å². The Balaban J connectivity index is 0.00000119. The van der Waals surface area contributed by atoms with Crippen molar-refractivity contribution in [2.45, 2.75) is 65.0 Å². The van der Waals surface area contributed by atoms with Gasteiger partial charge in [0.25, 0.3) is 0 Å². The molecule has 1 N–H and O–H groups in total. The topological polar surface area (TPSA) is 39.1 Å². The SMILES string of the molecule is C=C(C#N)/C=C(\C=C/C)C1(C)C2C3CC[C@H](C3)C2c2c(ccc3c2C(=C)NC3)N1C.CC. The second-order valence-electron chi connectivity index (χ2n) is 9.69. The van der Waals surface area contributed by atoms with Crippen molar-refractivity contribution in [2.75, 3.05) is 11.9 Å². The van der Waals surface area contributed by atoms with E-state index >= 15 is 0 Å². The fourth-order valence-corrected chi connectivity index (χ4v) is 7.22. The van der Waals surface area contributed by atoms with Gasteiger partial charge in [-0.15, -0.1) is 0 Å². The molecule has 4 unspecified atom stereocenters. The first-order valence-electron chi connectivity index (χ1n) is 12.2. The molecule has 2 aliphatic carbocycles. The number of allylic oxidation sites excluding steroid dienone is 3. The van der Waals surface area contributed by atoms with Gasteiger partial charge in [0.05, 0.1) is 11.6 Å².